The number of hydrogen-bond donors (Lipinski definition) is 1. The number of halogens is 2. The van der Waals surface area contributed by atoms with E-state index >= 15 is 0 Å². The Labute approximate surface area is 112 Å². The summed E-state index contributed by atoms with van der Waals surface area (Å²) >= 11 is 12.2. The lowest BCUT2D eigenvalue weighted by Crippen LogP contribution is -2.32. The Morgan fingerprint density at radius 3 is 2.71 bits per heavy atom. The zero-order valence-electron chi connectivity index (χ0n) is 10.0. The molecule has 1 aliphatic rings. The van der Waals surface area contributed by atoms with Gasteiger partial charge in [0, 0.05) is 16.7 Å². The molecule has 2 nitrogen and oxygen atoms in total. The molecular formula is C13H17Cl2NO. The summed E-state index contributed by atoms with van der Waals surface area (Å²) in [5.41, 5.74) is 1.05. The van der Waals surface area contributed by atoms with Gasteiger partial charge < -0.3 is 10.1 Å². The zero-order valence-corrected chi connectivity index (χ0v) is 11.6. The first-order valence-corrected chi connectivity index (χ1v) is 6.63. The van der Waals surface area contributed by atoms with Crippen LogP contribution in [0, 0.1) is 5.92 Å². The van der Waals surface area contributed by atoms with E-state index in [0.29, 0.717) is 16.0 Å². The zero-order chi connectivity index (χ0) is 12.4. The highest BCUT2D eigenvalue weighted by atomic mass is 35.5. The second-order valence-electron chi connectivity index (χ2n) is 4.53. The van der Waals surface area contributed by atoms with Crippen LogP contribution in [0.15, 0.2) is 18.2 Å². The second kappa shape index (κ2) is 5.57. The van der Waals surface area contributed by atoms with E-state index in [9.17, 15) is 0 Å². The predicted molar refractivity (Wildman–Crippen MR) is 71.8 cm³/mol. The number of nitrogens with one attached hydrogen (secondary N) is 1. The fourth-order valence-corrected chi connectivity index (χ4v) is 2.92. The van der Waals surface area contributed by atoms with Gasteiger partial charge in [-0.3, -0.25) is 0 Å². The van der Waals surface area contributed by atoms with Gasteiger partial charge in [0.15, 0.2) is 0 Å². The molecule has 0 saturated carbocycles. The third-order valence-corrected chi connectivity index (χ3v) is 3.94. The van der Waals surface area contributed by atoms with Crippen LogP contribution in [0.5, 0.6) is 0 Å². The van der Waals surface area contributed by atoms with E-state index in [1.165, 1.54) is 0 Å². The summed E-state index contributed by atoms with van der Waals surface area (Å²) in [5, 5.41) is 4.65. The SMILES string of the molecule is CNC(c1ccc(Cl)cc1Cl)C1OCCC1C. The molecule has 1 aromatic rings. The molecule has 17 heavy (non-hydrogen) atoms. The molecule has 4 heteroatoms. The van der Waals surface area contributed by atoms with Crippen molar-refractivity contribution in [2.45, 2.75) is 25.5 Å². The van der Waals surface area contributed by atoms with Gasteiger partial charge in [-0.15, -0.1) is 0 Å². The first-order chi connectivity index (χ1) is 8.13. The topological polar surface area (TPSA) is 21.3 Å². The fraction of sp³-hybridized carbons (Fsp3) is 0.538. The normalized spacial score (nSPS) is 26.1. The third kappa shape index (κ3) is 2.76. The lowest BCUT2D eigenvalue weighted by Gasteiger charge is -2.27. The van der Waals surface area contributed by atoms with Gasteiger partial charge in [-0.2, -0.15) is 0 Å². The largest absolute Gasteiger partial charge is 0.376 e. The maximum Gasteiger partial charge on any atom is 0.0796 e. The molecule has 2 rings (SSSR count). The average molecular weight is 274 g/mol. The number of benzene rings is 1. The molecule has 1 fully saturated rings. The minimum atomic E-state index is 0.122. The van der Waals surface area contributed by atoms with E-state index in [4.69, 9.17) is 27.9 Å². The van der Waals surface area contributed by atoms with Gasteiger partial charge in [0.25, 0.3) is 0 Å². The monoisotopic (exact) mass is 273 g/mol. The molecule has 1 N–H and O–H groups in total. The van der Waals surface area contributed by atoms with E-state index in [2.05, 4.69) is 12.2 Å². The minimum Gasteiger partial charge on any atom is -0.376 e. The van der Waals surface area contributed by atoms with Gasteiger partial charge in [0.05, 0.1) is 12.1 Å². The molecule has 3 unspecified atom stereocenters. The second-order valence-corrected chi connectivity index (χ2v) is 5.38. The van der Waals surface area contributed by atoms with Crippen LogP contribution in [-0.2, 0) is 4.74 Å². The Morgan fingerprint density at radius 2 is 2.18 bits per heavy atom. The summed E-state index contributed by atoms with van der Waals surface area (Å²) in [7, 11) is 1.93. The van der Waals surface area contributed by atoms with Crippen molar-refractivity contribution in [2.75, 3.05) is 13.7 Å². The summed E-state index contributed by atoms with van der Waals surface area (Å²) in [5.74, 6) is 0.541. The van der Waals surface area contributed by atoms with Crippen LogP contribution in [-0.4, -0.2) is 19.8 Å². The summed E-state index contributed by atoms with van der Waals surface area (Å²) in [6.45, 7) is 3.04. The van der Waals surface area contributed by atoms with Crippen molar-refractivity contribution in [2.24, 2.45) is 5.92 Å². The molecule has 0 amide bonds. The highest BCUT2D eigenvalue weighted by molar-refractivity contribution is 6.35. The maximum absolute atomic E-state index is 6.25. The molecule has 0 aliphatic carbocycles. The molecule has 1 aromatic carbocycles. The molecular weight excluding hydrogens is 257 g/mol. The van der Waals surface area contributed by atoms with Crippen LogP contribution in [0.3, 0.4) is 0 Å². The van der Waals surface area contributed by atoms with Crippen molar-refractivity contribution in [3.63, 3.8) is 0 Å². The molecule has 0 aromatic heterocycles. The third-order valence-electron chi connectivity index (χ3n) is 3.38. The standard InChI is InChI=1S/C13H17Cl2NO/c1-8-5-6-17-13(8)12(16-2)10-4-3-9(14)7-11(10)15/h3-4,7-8,12-13,16H,5-6H2,1-2H3. The lowest BCUT2D eigenvalue weighted by molar-refractivity contribution is 0.0631. The van der Waals surface area contributed by atoms with Crippen molar-refractivity contribution in [3.05, 3.63) is 33.8 Å². The Kier molecular flexibility index (Phi) is 4.31. The van der Waals surface area contributed by atoms with Crippen LogP contribution in [0.25, 0.3) is 0 Å². The van der Waals surface area contributed by atoms with Crippen LogP contribution < -0.4 is 5.32 Å². The van der Waals surface area contributed by atoms with Crippen molar-refractivity contribution in [1.82, 2.24) is 5.32 Å². The Morgan fingerprint density at radius 1 is 1.41 bits per heavy atom. The Hall–Kier alpha value is -0.280. The Bertz CT molecular complexity index is 397. The number of hydrogen-bond acceptors (Lipinski definition) is 2. The van der Waals surface area contributed by atoms with Crippen molar-refractivity contribution >= 4 is 23.2 Å². The average Bonchev–Trinajstić information content (AvgIpc) is 2.69. The molecule has 1 heterocycles. The number of likely N-dealkylation sites (N-methyl/N-ethyl adjacent to an activating group) is 1. The van der Waals surface area contributed by atoms with Crippen LogP contribution in [0.1, 0.15) is 24.9 Å². The molecule has 0 spiro atoms. The van der Waals surface area contributed by atoms with Crippen LogP contribution in [0.4, 0.5) is 0 Å². The van der Waals surface area contributed by atoms with Crippen molar-refractivity contribution in [3.8, 4) is 0 Å². The summed E-state index contributed by atoms with van der Waals surface area (Å²) in [4.78, 5) is 0. The smallest absolute Gasteiger partial charge is 0.0796 e. The molecule has 94 valence electrons. The van der Waals surface area contributed by atoms with Gasteiger partial charge in [-0.05, 0) is 37.1 Å². The van der Waals surface area contributed by atoms with Crippen molar-refractivity contribution < 1.29 is 4.74 Å². The van der Waals surface area contributed by atoms with Gasteiger partial charge >= 0.3 is 0 Å². The highest BCUT2D eigenvalue weighted by Gasteiger charge is 2.33. The molecule has 1 aliphatic heterocycles. The van der Waals surface area contributed by atoms with Crippen LogP contribution in [0.2, 0.25) is 10.0 Å². The fourth-order valence-electron chi connectivity index (χ4n) is 2.39. The number of rotatable bonds is 3. The van der Waals surface area contributed by atoms with Gasteiger partial charge in [-0.1, -0.05) is 36.2 Å². The van der Waals surface area contributed by atoms with Gasteiger partial charge in [-0.25, -0.2) is 0 Å². The molecule has 0 bridgehead atoms. The summed E-state index contributed by atoms with van der Waals surface area (Å²) in [6, 6.07) is 5.74. The van der Waals surface area contributed by atoms with E-state index in [0.717, 1.165) is 18.6 Å². The van der Waals surface area contributed by atoms with E-state index in [-0.39, 0.29) is 12.1 Å². The first kappa shape index (κ1) is 13.2. The predicted octanol–water partition coefficient (Wildman–Crippen LogP) is 3.68. The van der Waals surface area contributed by atoms with Gasteiger partial charge in [0.2, 0.25) is 0 Å². The summed E-state index contributed by atoms with van der Waals surface area (Å²) < 4.78 is 5.80. The van der Waals surface area contributed by atoms with E-state index < -0.39 is 0 Å². The van der Waals surface area contributed by atoms with Crippen LogP contribution >= 0.6 is 23.2 Å². The Balaban J connectivity index is 2.28. The van der Waals surface area contributed by atoms with E-state index in [1.807, 2.05) is 19.2 Å². The first-order valence-electron chi connectivity index (χ1n) is 5.87. The van der Waals surface area contributed by atoms with Gasteiger partial charge in [0.1, 0.15) is 0 Å². The van der Waals surface area contributed by atoms with E-state index in [1.54, 1.807) is 6.07 Å². The molecule has 0 radical (unpaired) electrons. The molecule has 1 saturated heterocycles. The lowest BCUT2D eigenvalue weighted by atomic mass is 9.92. The summed E-state index contributed by atoms with van der Waals surface area (Å²) in [6.07, 6.45) is 1.28. The van der Waals surface area contributed by atoms with Crippen molar-refractivity contribution in [1.29, 1.82) is 0 Å². The number of ether oxygens (including phenoxy) is 1. The minimum absolute atomic E-state index is 0.122. The quantitative estimate of drug-likeness (QED) is 0.907. The highest BCUT2D eigenvalue weighted by Crippen LogP contribution is 2.35. The maximum atomic E-state index is 6.25. The molecule has 3 atom stereocenters.